The zero-order valence-electron chi connectivity index (χ0n) is 11.7. The van der Waals surface area contributed by atoms with Gasteiger partial charge in [-0.05, 0) is 36.4 Å². The van der Waals surface area contributed by atoms with Gasteiger partial charge in [0.15, 0.2) is 0 Å². The molecule has 4 heteroatoms. The van der Waals surface area contributed by atoms with Crippen LogP contribution in [0.1, 0.15) is 0 Å². The fourth-order valence-electron chi connectivity index (χ4n) is 2.31. The Morgan fingerprint density at radius 3 is 0.955 bits per heavy atom. The number of halogens is 2. The largest absolute Gasteiger partial charge is 0.102 e. The van der Waals surface area contributed by atoms with Crippen LogP contribution in [0.2, 0.25) is 0 Å². The predicted octanol–water partition coefficient (Wildman–Crippen LogP) is 4.95. The minimum absolute atomic E-state index is 0.877. The molecule has 0 bridgehead atoms. The standard InChI is InChI=1S/C18H15P.Cu.2HI/c1-4-10-16(11-5-1)19(17-12-6-2-7-13-17)18-14-8-3-9-15-18;;;/h1-15H;;2*1H/q;+2;;/p-1. The fraction of sp³-hybridized carbons (Fsp3) is 0. The molecule has 0 nitrogen and oxygen atoms in total. The minimum Gasteiger partial charge on any atom is -0.0620 e. The van der Waals surface area contributed by atoms with Gasteiger partial charge in [0, 0.05) is 0 Å². The van der Waals surface area contributed by atoms with E-state index in [1.54, 1.807) is 8.46 Å². The van der Waals surface area contributed by atoms with Gasteiger partial charge in [-0.3, -0.25) is 0 Å². The summed E-state index contributed by atoms with van der Waals surface area (Å²) in [6.07, 6.45) is 0. The van der Waals surface area contributed by atoms with Crippen molar-refractivity contribution in [2.24, 2.45) is 0 Å². The van der Waals surface area contributed by atoms with E-state index >= 15 is 0 Å². The Morgan fingerprint density at radius 2 is 0.727 bits per heavy atom. The zero-order chi connectivity index (χ0) is 15.6. The van der Waals surface area contributed by atoms with Gasteiger partial charge in [0.05, 0.1) is 7.92 Å². The second-order valence-corrected chi connectivity index (χ2v) is 14.9. The van der Waals surface area contributed by atoms with Gasteiger partial charge in [-0.2, -0.15) is 0 Å². The molecule has 0 spiro atoms. The Labute approximate surface area is 162 Å². The predicted molar refractivity (Wildman–Crippen MR) is 115 cm³/mol. The van der Waals surface area contributed by atoms with E-state index in [1.807, 2.05) is 0 Å². The minimum atomic E-state index is -0.877. The molecule has 0 aromatic heterocycles. The molecule has 3 rings (SSSR count). The van der Waals surface area contributed by atoms with Crippen LogP contribution < -0.4 is 15.9 Å². The first-order valence-corrected chi connectivity index (χ1v) is 14.3. The van der Waals surface area contributed by atoms with Crippen molar-refractivity contribution < 1.29 is 8.46 Å². The molecule has 0 aliphatic rings. The maximum absolute atomic E-state index is 2.24. The Morgan fingerprint density at radius 1 is 0.500 bits per heavy atom. The molecular weight excluding hydrogens is 565 g/mol. The summed E-state index contributed by atoms with van der Waals surface area (Å²) in [6.45, 7) is 0. The molecule has 0 N–H and O–H groups in total. The molecule has 117 valence electrons. The summed E-state index contributed by atoms with van der Waals surface area (Å²) in [4.78, 5) is 0. The van der Waals surface area contributed by atoms with Gasteiger partial charge in [-0.1, -0.05) is 54.6 Å². The average Bonchev–Trinajstić information content (AvgIpc) is 2.59. The molecular formula is C18H16CuI2P+. The van der Waals surface area contributed by atoms with Crippen LogP contribution >= 0.6 is 48.6 Å². The molecule has 22 heavy (non-hydrogen) atoms. The summed E-state index contributed by atoms with van der Waals surface area (Å²) in [5.74, 6) is 0. The fourth-order valence-corrected chi connectivity index (χ4v) is 4.89. The maximum atomic E-state index is 2.24. The Kier molecular flexibility index (Phi) is 9.01. The van der Waals surface area contributed by atoms with E-state index in [1.165, 1.54) is 15.9 Å². The first-order valence-electron chi connectivity index (χ1n) is 6.71. The van der Waals surface area contributed by atoms with E-state index in [2.05, 4.69) is 132 Å². The van der Waals surface area contributed by atoms with Crippen molar-refractivity contribution in [2.75, 3.05) is 0 Å². The van der Waals surface area contributed by atoms with Gasteiger partial charge in [0.25, 0.3) is 0 Å². The number of benzene rings is 3. The molecule has 0 radical (unpaired) electrons. The summed E-state index contributed by atoms with van der Waals surface area (Å²) in [5, 5.41) is 4.31. The Balaban J connectivity index is 0.000000545. The van der Waals surface area contributed by atoms with Crippen molar-refractivity contribution in [2.45, 2.75) is 0 Å². The molecule has 0 unspecified atom stereocenters. The zero-order valence-corrected chi connectivity index (χ0v) is 18.0. The van der Waals surface area contributed by atoms with Gasteiger partial charge in [-0.15, -0.1) is 0 Å². The molecule has 0 heterocycles. The van der Waals surface area contributed by atoms with Crippen LogP contribution in [0.3, 0.4) is 0 Å². The second kappa shape index (κ2) is 10.8. The van der Waals surface area contributed by atoms with E-state index in [-0.39, 0.29) is 0 Å². The maximum Gasteiger partial charge on any atom is 0.102 e. The van der Waals surface area contributed by atoms with E-state index in [4.69, 9.17) is 0 Å². The third kappa shape index (κ3) is 5.61. The molecule has 0 saturated heterocycles. The van der Waals surface area contributed by atoms with Crippen LogP contribution in [-0.4, -0.2) is 0 Å². The van der Waals surface area contributed by atoms with Gasteiger partial charge in [0.2, 0.25) is 0 Å². The Hall–Kier alpha value is 0.0695. The molecule has 0 amide bonds. The van der Waals surface area contributed by atoms with E-state index in [0.29, 0.717) is 0 Å². The summed E-state index contributed by atoms with van der Waals surface area (Å²) >= 11 is 4.36. The van der Waals surface area contributed by atoms with Crippen LogP contribution in [0.15, 0.2) is 91.0 Å². The molecule has 3 aromatic rings. The number of hydrogen-bond acceptors (Lipinski definition) is 0. The summed E-state index contributed by atoms with van der Waals surface area (Å²) in [6, 6.07) is 32.5. The first kappa shape index (κ1) is 18.4. The second-order valence-electron chi connectivity index (χ2n) is 4.52. The van der Waals surface area contributed by atoms with Crippen LogP contribution in [-0.2, 0) is 8.46 Å². The van der Waals surface area contributed by atoms with Gasteiger partial charge < -0.3 is 0 Å². The molecule has 0 saturated carbocycles. The first-order chi connectivity index (χ1) is 10.9. The van der Waals surface area contributed by atoms with Crippen molar-refractivity contribution in [3.63, 3.8) is 0 Å². The molecule has 3 aromatic carbocycles. The van der Waals surface area contributed by atoms with Crippen molar-refractivity contribution >= 4 is 64.5 Å². The molecule has 0 atom stereocenters. The number of rotatable bonds is 3. The smallest absolute Gasteiger partial charge is 0.0620 e. The van der Waals surface area contributed by atoms with Crippen molar-refractivity contribution in [3.05, 3.63) is 91.0 Å². The Bertz CT molecular complexity index is 554. The van der Waals surface area contributed by atoms with E-state index < -0.39 is 7.92 Å². The van der Waals surface area contributed by atoms with Crippen molar-refractivity contribution in [1.29, 1.82) is 0 Å². The van der Waals surface area contributed by atoms with E-state index in [9.17, 15) is 0 Å². The summed E-state index contributed by atoms with van der Waals surface area (Å²) in [7, 11) is 0.875. The quantitative estimate of drug-likeness (QED) is 0.234. The molecule has 0 fully saturated rings. The molecule has 0 aliphatic heterocycles. The summed E-state index contributed by atoms with van der Waals surface area (Å²) < 4.78 is 0. The monoisotopic (exact) mass is 580 g/mol. The van der Waals surface area contributed by atoms with Crippen LogP contribution in [0.4, 0.5) is 0 Å². The van der Waals surface area contributed by atoms with Crippen LogP contribution in [0, 0.1) is 0 Å². The van der Waals surface area contributed by atoms with Crippen LogP contribution in [0.25, 0.3) is 0 Å². The normalized spacial score (nSPS) is 10.1. The van der Waals surface area contributed by atoms with Gasteiger partial charge in [0.1, 0.15) is 15.9 Å². The third-order valence-electron chi connectivity index (χ3n) is 3.19. The van der Waals surface area contributed by atoms with Crippen molar-refractivity contribution in [3.8, 4) is 0 Å². The SMILES string of the molecule is [I][Cu][I].c1ccc([PH+](c2ccccc2)c2ccccc2)cc1. The van der Waals surface area contributed by atoms with E-state index in [0.717, 1.165) is 0 Å². The van der Waals surface area contributed by atoms with Gasteiger partial charge >= 0.3 is 49.1 Å². The van der Waals surface area contributed by atoms with Crippen LogP contribution in [0.5, 0.6) is 0 Å². The molecule has 0 aliphatic carbocycles. The average molecular weight is 581 g/mol. The number of hydrogen-bond donors (Lipinski definition) is 0. The topological polar surface area (TPSA) is 0 Å². The summed E-state index contributed by atoms with van der Waals surface area (Å²) in [5.41, 5.74) is 0. The van der Waals surface area contributed by atoms with Crippen molar-refractivity contribution in [1.82, 2.24) is 0 Å². The third-order valence-corrected chi connectivity index (χ3v) is 5.92. The van der Waals surface area contributed by atoms with Gasteiger partial charge in [-0.25, -0.2) is 0 Å².